The van der Waals surface area contributed by atoms with Crippen molar-refractivity contribution in [1.82, 2.24) is 9.97 Å². The van der Waals surface area contributed by atoms with Crippen LogP contribution in [0.15, 0.2) is 6.33 Å². The molecular formula is C14H24N4O. The minimum Gasteiger partial charge on any atom is -0.384 e. The monoisotopic (exact) mass is 264 g/mol. The summed E-state index contributed by atoms with van der Waals surface area (Å²) in [5.41, 5.74) is 1.22. The predicted octanol–water partition coefficient (Wildman–Crippen LogP) is 1.94. The molecule has 5 nitrogen and oxygen atoms in total. The number of rotatable bonds is 5. The molecule has 1 aromatic rings. The summed E-state index contributed by atoms with van der Waals surface area (Å²) in [5.74, 6) is 2.74. The third kappa shape index (κ3) is 3.15. The molecule has 0 saturated carbocycles. The molecule has 0 spiro atoms. The van der Waals surface area contributed by atoms with Crippen LogP contribution in [-0.4, -0.2) is 43.8 Å². The van der Waals surface area contributed by atoms with Crippen molar-refractivity contribution in [2.24, 2.45) is 5.92 Å². The van der Waals surface area contributed by atoms with Gasteiger partial charge in [-0.25, -0.2) is 9.97 Å². The molecule has 19 heavy (non-hydrogen) atoms. The summed E-state index contributed by atoms with van der Waals surface area (Å²) in [6.07, 6.45) is 4.96. The molecular weight excluding hydrogens is 240 g/mol. The van der Waals surface area contributed by atoms with Gasteiger partial charge < -0.3 is 15.0 Å². The van der Waals surface area contributed by atoms with Crippen molar-refractivity contribution >= 4 is 11.6 Å². The van der Waals surface area contributed by atoms with E-state index in [4.69, 9.17) is 4.74 Å². The molecule has 2 rings (SSSR count). The number of aromatic nitrogens is 2. The zero-order valence-corrected chi connectivity index (χ0v) is 12.1. The van der Waals surface area contributed by atoms with Gasteiger partial charge in [-0.05, 0) is 25.2 Å². The summed E-state index contributed by atoms with van der Waals surface area (Å²) in [5, 5.41) is 3.16. The van der Waals surface area contributed by atoms with Gasteiger partial charge in [0, 0.05) is 39.4 Å². The molecule has 0 aliphatic carbocycles. The van der Waals surface area contributed by atoms with Gasteiger partial charge in [0.25, 0.3) is 0 Å². The summed E-state index contributed by atoms with van der Waals surface area (Å²) < 4.78 is 5.25. The van der Waals surface area contributed by atoms with E-state index in [2.05, 4.69) is 27.1 Å². The Morgan fingerprint density at radius 3 is 2.68 bits per heavy atom. The van der Waals surface area contributed by atoms with E-state index in [1.165, 1.54) is 18.4 Å². The van der Waals surface area contributed by atoms with Crippen LogP contribution in [0.5, 0.6) is 0 Å². The van der Waals surface area contributed by atoms with Crippen LogP contribution in [0.25, 0.3) is 0 Å². The third-order valence-corrected chi connectivity index (χ3v) is 3.83. The fourth-order valence-electron chi connectivity index (χ4n) is 2.76. The number of ether oxygens (including phenoxy) is 1. The quantitative estimate of drug-likeness (QED) is 0.881. The van der Waals surface area contributed by atoms with Gasteiger partial charge in [0.2, 0.25) is 0 Å². The Morgan fingerprint density at radius 1 is 1.37 bits per heavy atom. The smallest absolute Gasteiger partial charge is 0.137 e. The molecule has 0 amide bonds. The van der Waals surface area contributed by atoms with Gasteiger partial charge in [0.15, 0.2) is 0 Å². The molecule has 1 aromatic heterocycles. The lowest BCUT2D eigenvalue weighted by Crippen LogP contribution is -2.36. The number of nitrogens with one attached hydrogen (secondary N) is 1. The van der Waals surface area contributed by atoms with Crippen LogP contribution in [-0.2, 0) is 11.2 Å². The standard InChI is InChI=1S/C14H24N4O/c1-4-12-13(15-2)16-10-17-14(12)18-7-5-11(6-8-18)9-19-3/h10-11H,4-9H2,1-3H3,(H,15,16,17). The molecule has 0 unspecified atom stereocenters. The molecule has 1 aliphatic rings. The van der Waals surface area contributed by atoms with Crippen LogP contribution in [0, 0.1) is 5.92 Å². The van der Waals surface area contributed by atoms with Crippen LogP contribution >= 0.6 is 0 Å². The first-order chi connectivity index (χ1) is 9.30. The molecule has 1 aliphatic heterocycles. The first-order valence-corrected chi connectivity index (χ1v) is 7.05. The molecule has 0 atom stereocenters. The highest BCUT2D eigenvalue weighted by atomic mass is 16.5. The number of piperidine rings is 1. The van der Waals surface area contributed by atoms with Crippen molar-refractivity contribution in [2.75, 3.05) is 44.1 Å². The predicted molar refractivity (Wildman–Crippen MR) is 77.8 cm³/mol. The maximum Gasteiger partial charge on any atom is 0.137 e. The van der Waals surface area contributed by atoms with Crippen LogP contribution in [0.1, 0.15) is 25.3 Å². The first-order valence-electron chi connectivity index (χ1n) is 7.05. The van der Waals surface area contributed by atoms with E-state index in [1.54, 1.807) is 13.4 Å². The Bertz CT molecular complexity index is 402. The largest absolute Gasteiger partial charge is 0.384 e. The Hall–Kier alpha value is -1.36. The summed E-state index contributed by atoms with van der Waals surface area (Å²) in [6.45, 7) is 5.14. The molecule has 1 fully saturated rings. The zero-order chi connectivity index (χ0) is 13.7. The molecule has 0 bridgehead atoms. The number of hydrogen-bond acceptors (Lipinski definition) is 5. The van der Waals surface area contributed by atoms with Crippen LogP contribution in [0.4, 0.5) is 11.6 Å². The fourth-order valence-corrected chi connectivity index (χ4v) is 2.76. The minimum atomic E-state index is 0.692. The molecule has 0 aromatic carbocycles. The Morgan fingerprint density at radius 2 is 2.11 bits per heavy atom. The summed E-state index contributed by atoms with van der Waals surface area (Å²) in [4.78, 5) is 11.2. The van der Waals surface area contributed by atoms with E-state index < -0.39 is 0 Å². The van der Waals surface area contributed by atoms with E-state index in [0.29, 0.717) is 5.92 Å². The normalized spacial score (nSPS) is 16.7. The van der Waals surface area contributed by atoms with E-state index >= 15 is 0 Å². The van der Waals surface area contributed by atoms with Crippen molar-refractivity contribution in [1.29, 1.82) is 0 Å². The Labute approximate surface area is 115 Å². The highest BCUT2D eigenvalue weighted by Gasteiger charge is 2.22. The number of anilines is 2. The third-order valence-electron chi connectivity index (χ3n) is 3.83. The molecule has 106 valence electrons. The van der Waals surface area contributed by atoms with Gasteiger partial charge in [-0.2, -0.15) is 0 Å². The highest BCUT2D eigenvalue weighted by molar-refractivity contribution is 5.58. The van der Waals surface area contributed by atoms with Crippen molar-refractivity contribution in [3.63, 3.8) is 0 Å². The number of hydrogen-bond donors (Lipinski definition) is 1. The van der Waals surface area contributed by atoms with Gasteiger partial charge in [-0.1, -0.05) is 6.92 Å². The molecule has 1 N–H and O–H groups in total. The second-order valence-electron chi connectivity index (χ2n) is 5.01. The van der Waals surface area contributed by atoms with Crippen LogP contribution < -0.4 is 10.2 Å². The molecule has 1 saturated heterocycles. The minimum absolute atomic E-state index is 0.692. The van der Waals surface area contributed by atoms with E-state index in [1.807, 2.05) is 7.05 Å². The maximum atomic E-state index is 5.25. The first kappa shape index (κ1) is 14.1. The lowest BCUT2D eigenvalue weighted by Gasteiger charge is -2.33. The molecule has 0 radical (unpaired) electrons. The average Bonchev–Trinajstić information content (AvgIpc) is 2.47. The summed E-state index contributed by atoms with van der Waals surface area (Å²) >= 11 is 0. The van der Waals surface area contributed by atoms with E-state index in [0.717, 1.165) is 37.8 Å². The lowest BCUT2D eigenvalue weighted by molar-refractivity contribution is 0.139. The van der Waals surface area contributed by atoms with Crippen molar-refractivity contribution < 1.29 is 4.74 Å². The van der Waals surface area contributed by atoms with Gasteiger partial charge in [0.1, 0.15) is 18.0 Å². The van der Waals surface area contributed by atoms with Gasteiger partial charge >= 0.3 is 0 Å². The number of methoxy groups -OCH3 is 1. The topological polar surface area (TPSA) is 50.3 Å². The van der Waals surface area contributed by atoms with Crippen molar-refractivity contribution in [2.45, 2.75) is 26.2 Å². The van der Waals surface area contributed by atoms with Gasteiger partial charge in [-0.3, -0.25) is 0 Å². The van der Waals surface area contributed by atoms with E-state index in [-0.39, 0.29) is 0 Å². The van der Waals surface area contributed by atoms with Gasteiger partial charge in [0.05, 0.1) is 0 Å². The number of nitrogens with zero attached hydrogens (tertiary/aromatic N) is 3. The van der Waals surface area contributed by atoms with Crippen LogP contribution in [0.3, 0.4) is 0 Å². The van der Waals surface area contributed by atoms with Gasteiger partial charge in [-0.15, -0.1) is 0 Å². The molecule has 2 heterocycles. The Kier molecular flexibility index (Phi) is 4.96. The second kappa shape index (κ2) is 6.70. The summed E-state index contributed by atoms with van der Waals surface area (Å²) in [6, 6.07) is 0. The second-order valence-corrected chi connectivity index (χ2v) is 5.01. The van der Waals surface area contributed by atoms with Crippen LogP contribution in [0.2, 0.25) is 0 Å². The SMILES string of the molecule is CCc1c(NC)ncnc1N1CCC(COC)CC1. The van der Waals surface area contributed by atoms with E-state index in [9.17, 15) is 0 Å². The zero-order valence-electron chi connectivity index (χ0n) is 12.1. The Balaban J connectivity index is 2.11. The highest BCUT2D eigenvalue weighted by Crippen LogP contribution is 2.27. The van der Waals surface area contributed by atoms with Crippen molar-refractivity contribution in [3.8, 4) is 0 Å². The fraction of sp³-hybridized carbons (Fsp3) is 0.714. The molecule has 5 heteroatoms. The summed E-state index contributed by atoms with van der Waals surface area (Å²) in [7, 11) is 3.70. The van der Waals surface area contributed by atoms with Crippen molar-refractivity contribution in [3.05, 3.63) is 11.9 Å². The maximum absolute atomic E-state index is 5.25. The lowest BCUT2D eigenvalue weighted by atomic mass is 9.97. The average molecular weight is 264 g/mol.